The molecular formula is C27H20F2N4O3S. The van der Waals surface area contributed by atoms with Gasteiger partial charge in [0.2, 0.25) is 0 Å². The van der Waals surface area contributed by atoms with Gasteiger partial charge in [0, 0.05) is 29.4 Å². The molecule has 0 amide bonds. The van der Waals surface area contributed by atoms with Gasteiger partial charge < -0.3 is 4.74 Å². The number of rotatable bonds is 6. The van der Waals surface area contributed by atoms with Crippen LogP contribution in [-0.4, -0.2) is 35.5 Å². The highest BCUT2D eigenvalue weighted by molar-refractivity contribution is 7.90. The molecule has 0 unspecified atom stereocenters. The summed E-state index contributed by atoms with van der Waals surface area (Å²) in [6.45, 7) is 1.82. The second kappa shape index (κ2) is 9.62. The van der Waals surface area contributed by atoms with E-state index >= 15 is 0 Å². The number of methoxy groups -OCH3 is 1. The number of fused-ring (bicyclic) bond motifs is 1. The first-order valence-corrected chi connectivity index (χ1v) is 12.8. The summed E-state index contributed by atoms with van der Waals surface area (Å²) in [6, 6.07) is 13.1. The van der Waals surface area contributed by atoms with Gasteiger partial charge in [-0.1, -0.05) is 0 Å². The molecule has 2 heterocycles. The summed E-state index contributed by atoms with van der Waals surface area (Å²) < 4.78 is 59.2. The standard InChI is InChI=1S/C27H20F2N4O3S/c1-16-8-23(25(36-2)13-22(16)17-9-18(28)11-19(29)10-17)27-21-5-4-20(12-24(21)32-15-33-27)37(34,35)14-26-30-6-3-7-31-26/h3-13,15H,14H2,1-2H3. The zero-order valence-corrected chi connectivity index (χ0v) is 20.6. The lowest BCUT2D eigenvalue weighted by atomic mass is 9.95. The van der Waals surface area contributed by atoms with Crippen LogP contribution in [0.15, 0.2) is 78.2 Å². The van der Waals surface area contributed by atoms with Crippen molar-refractivity contribution in [2.45, 2.75) is 17.6 Å². The SMILES string of the molecule is COc1cc(-c2cc(F)cc(F)c2)c(C)cc1-c1ncnc2cc(S(=O)(=O)Cc3ncccn3)ccc12. The topological polar surface area (TPSA) is 94.9 Å². The van der Waals surface area contributed by atoms with E-state index in [-0.39, 0.29) is 16.5 Å². The first kappa shape index (κ1) is 24.4. The average Bonchev–Trinajstić information content (AvgIpc) is 2.87. The van der Waals surface area contributed by atoms with Gasteiger partial charge >= 0.3 is 0 Å². The molecule has 0 saturated carbocycles. The van der Waals surface area contributed by atoms with Crippen molar-refractivity contribution in [1.29, 1.82) is 0 Å². The number of halogens is 2. The molecule has 0 N–H and O–H groups in total. The highest BCUT2D eigenvalue weighted by Gasteiger charge is 2.20. The summed E-state index contributed by atoms with van der Waals surface area (Å²) in [7, 11) is -2.23. The normalized spacial score (nSPS) is 11.6. The van der Waals surface area contributed by atoms with Gasteiger partial charge in [0.25, 0.3) is 0 Å². The van der Waals surface area contributed by atoms with Crippen molar-refractivity contribution >= 4 is 20.7 Å². The van der Waals surface area contributed by atoms with Gasteiger partial charge in [-0.15, -0.1) is 0 Å². The predicted molar refractivity (Wildman–Crippen MR) is 135 cm³/mol. The summed E-state index contributed by atoms with van der Waals surface area (Å²) in [5, 5.41) is 0.611. The van der Waals surface area contributed by atoms with E-state index in [1.807, 2.05) is 13.0 Å². The van der Waals surface area contributed by atoms with Crippen molar-refractivity contribution in [3.8, 4) is 28.1 Å². The third-order valence-corrected chi connectivity index (χ3v) is 7.49. The molecule has 0 radical (unpaired) electrons. The molecule has 0 bridgehead atoms. The number of ether oxygens (including phenoxy) is 1. The van der Waals surface area contributed by atoms with Gasteiger partial charge in [-0.2, -0.15) is 0 Å². The van der Waals surface area contributed by atoms with Crippen molar-refractivity contribution in [2.24, 2.45) is 0 Å². The molecule has 5 aromatic rings. The van der Waals surface area contributed by atoms with Gasteiger partial charge in [-0.3, -0.25) is 0 Å². The zero-order chi connectivity index (χ0) is 26.2. The molecule has 0 aliphatic rings. The quantitative estimate of drug-likeness (QED) is 0.300. The van der Waals surface area contributed by atoms with Crippen molar-refractivity contribution in [3.63, 3.8) is 0 Å². The minimum atomic E-state index is -3.72. The third kappa shape index (κ3) is 4.88. The first-order chi connectivity index (χ1) is 17.7. The number of nitrogens with zero attached hydrogens (tertiary/aromatic N) is 4. The zero-order valence-electron chi connectivity index (χ0n) is 19.8. The molecule has 5 rings (SSSR count). The van der Waals surface area contributed by atoms with Gasteiger partial charge in [0.1, 0.15) is 35.3 Å². The molecule has 2 aromatic heterocycles. The number of hydrogen-bond acceptors (Lipinski definition) is 7. The maximum absolute atomic E-state index is 13.8. The summed E-state index contributed by atoms with van der Waals surface area (Å²) >= 11 is 0. The molecule has 0 fully saturated rings. The van der Waals surface area contributed by atoms with E-state index in [4.69, 9.17) is 4.74 Å². The van der Waals surface area contributed by atoms with Crippen LogP contribution >= 0.6 is 0 Å². The Morgan fingerprint density at radius 2 is 1.59 bits per heavy atom. The Labute approximate surface area is 211 Å². The molecular weight excluding hydrogens is 498 g/mol. The fourth-order valence-corrected chi connectivity index (χ4v) is 5.39. The maximum atomic E-state index is 13.8. The van der Waals surface area contributed by atoms with Gasteiger partial charge in [-0.05, 0) is 72.1 Å². The van der Waals surface area contributed by atoms with E-state index in [0.29, 0.717) is 39.0 Å². The van der Waals surface area contributed by atoms with Crippen molar-refractivity contribution in [1.82, 2.24) is 19.9 Å². The van der Waals surface area contributed by atoms with Crippen LogP contribution in [0.3, 0.4) is 0 Å². The lowest BCUT2D eigenvalue weighted by Crippen LogP contribution is -2.08. The van der Waals surface area contributed by atoms with Gasteiger partial charge in [0.15, 0.2) is 9.84 Å². The number of sulfone groups is 1. The van der Waals surface area contributed by atoms with Crippen LogP contribution in [0.4, 0.5) is 8.78 Å². The summed E-state index contributed by atoms with van der Waals surface area (Å²) in [5.74, 6) is -1.06. The van der Waals surface area contributed by atoms with E-state index in [0.717, 1.165) is 11.6 Å². The van der Waals surface area contributed by atoms with E-state index in [1.165, 1.54) is 50.1 Å². The number of benzene rings is 3. The highest BCUT2D eigenvalue weighted by atomic mass is 32.2. The molecule has 10 heteroatoms. The maximum Gasteiger partial charge on any atom is 0.185 e. The lowest BCUT2D eigenvalue weighted by Gasteiger charge is -2.15. The molecule has 7 nitrogen and oxygen atoms in total. The summed E-state index contributed by atoms with van der Waals surface area (Å²) in [5.41, 5.74) is 3.31. The minimum absolute atomic E-state index is 0.0868. The molecule has 3 aromatic carbocycles. The fourth-order valence-electron chi connectivity index (χ4n) is 4.17. The largest absolute Gasteiger partial charge is 0.496 e. The smallest absolute Gasteiger partial charge is 0.185 e. The summed E-state index contributed by atoms with van der Waals surface area (Å²) in [6.07, 6.45) is 4.32. The van der Waals surface area contributed by atoms with Gasteiger partial charge in [-0.25, -0.2) is 37.1 Å². The Balaban J connectivity index is 1.59. The molecule has 37 heavy (non-hydrogen) atoms. The van der Waals surface area contributed by atoms with Crippen LogP contribution < -0.4 is 4.74 Å². The Kier molecular flexibility index (Phi) is 6.34. The van der Waals surface area contributed by atoms with E-state index in [9.17, 15) is 17.2 Å². The third-order valence-electron chi connectivity index (χ3n) is 5.88. The second-order valence-corrected chi connectivity index (χ2v) is 10.3. The van der Waals surface area contributed by atoms with Crippen molar-refractivity contribution < 1.29 is 21.9 Å². The van der Waals surface area contributed by atoms with Crippen LogP contribution in [0, 0.1) is 18.6 Å². The molecule has 0 saturated heterocycles. The Hall–Kier alpha value is -4.31. The Bertz CT molecular complexity index is 1730. The van der Waals surface area contributed by atoms with Crippen LogP contribution in [0.5, 0.6) is 5.75 Å². The van der Waals surface area contributed by atoms with Crippen LogP contribution in [0.2, 0.25) is 0 Å². The molecule has 186 valence electrons. The lowest BCUT2D eigenvalue weighted by molar-refractivity contribution is 0.416. The van der Waals surface area contributed by atoms with E-state index in [1.54, 1.807) is 18.2 Å². The first-order valence-electron chi connectivity index (χ1n) is 11.1. The minimum Gasteiger partial charge on any atom is -0.496 e. The van der Waals surface area contributed by atoms with Crippen molar-refractivity contribution in [3.05, 3.63) is 96.3 Å². The summed E-state index contributed by atoms with van der Waals surface area (Å²) in [4.78, 5) is 16.8. The second-order valence-electron chi connectivity index (χ2n) is 8.35. The molecule has 0 aliphatic carbocycles. The van der Waals surface area contributed by atoms with Crippen LogP contribution in [-0.2, 0) is 15.6 Å². The van der Waals surface area contributed by atoms with Crippen molar-refractivity contribution in [2.75, 3.05) is 7.11 Å². The Morgan fingerprint density at radius 3 is 2.30 bits per heavy atom. The number of aromatic nitrogens is 4. The monoisotopic (exact) mass is 518 g/mol. The molecule has 0 aliphatic heterocycles. The number of hydrogen-bond donors (Lipinski definition) is 0. The van der Waals surface area contributed by atoms with Gasteiger partial charge in [0.05, 0.1) is 23.2 Å². The predicted octanol–water partition coefficient (Wildman–Crippen LogP) is 5.32. The van der Waals surface area contributed by atoms with Crippen LogP contribution in [0.25, 0.3) is 33.3 Å². The fraction of sp³-hybridized carbons (Fsp3) is 0.111. The average molecular weight is 519 g/mol. The number of aryl methyl sites for hydroxylation is 1. The van der Waals surface area contributed by atoms with E-state index in [2.05, 4.69) is 19.9 Å². The highest BCUT2D eigenvalue weighted by Crippen LogP contribution is 2.39. The molecule has 0 atom stereocenters. The van der Waals surface area contributed by atoms with Crippen LogP contribution in [0.1, 0.15) is 11.4 Å². The Morgan fingerprint density at radius 1 is 0.865 bits per heavy atom. The van der Waals surface area contributed by atoms with E-state index < -0.39 is 21.5 Å². The molecule has 0 spiro atoms.